The molecule has 108 valence electrons. The molecule has 0 heterocycles. The number of carbonyl (C=O) groups is 2. The molecule has 0 fully saturated rings. The summed E-state index contributed by atoms with van der Waals surface area (Å²) in [5.41, 5.74) is 7.37. The third-order valence-corrected chi connectivity index (χ3v) is 3.40. The highest BCUT2D eigenvalue weighted by atomic mass is 79.9. The molecule has 0 saturated heterocycles. The standard InChI is InChI=1S/C15H14BrN3O2/c1-18-14(20)11-4-2-3-5-13(11)19-15(21)10-7-6-9(16)8-12(10)17/h2-8H,17H2,1H3,(H,18,20)(H,19,21). The minimum Gasteiger partial charge on any atom is -0.398 e. The number of para-hydroxylation sites is 1. The lowest BCUT2D eigenvalue weighted by molar-refractivity contribution is 0.0964. The topological polar surface area (TPSA) is 84.2 Å². The van der Waals surface area contributed by atoms with Gasteiger partial charge in [-0.05, 0) is 30.3 Å². The SMILES string of the molecule is CNC(=O)c1ccccc1NC(=O)c1ccc(Br)cc1N. The van der Waals surface area contributed by atoms with E-state index >= 15 is 0 Å². The first-order valence-corrected chi connectivity index (χ1v) is 6.99. The molecule has 6 heteroatoms. The Morgan fingerprint density at radius 2 is 1.76 bits per heavy atom. The number of hydrogen-bond donors (Lipinski definition) is 3. The molecule has 2 rings (SSSR count). The third-order valence-electron chi connectivity index (χ3n) is 2.91. The Morgan fingerprint density at radius 1 is 1.05 bits per heavy atom. The molecule has 0 aliphatic heterocycles. The van der Waals surface area contributed by atoms with Gasteiger partial charge in [-0.1, -0.05) is 28.1 Å². The van der Waals surface area contributed by atoms with E-state index in [0.717, 1.165) is 4.47 Å². The zero-order chi connectivity index (χ0) is 15.4. The molecule has 0 saturated carbocycles. The summed E-state index contributed by atoms with van der Waals surface area (Å²) in [5, 5.41) is 5.24. The zero-order valence-corrected chi connectivity index (χ0v) is 12.9. The highest BCUT2D eigenvalue weighted by molar-refractivity contribution is 9.10. The number of rotatable bonds is 3. The molecule has 0 aliphatic rings. The molecule has 0 bridgehead atoms. The Morgan fingerprint density at radius 3 is 2.43 bits per heavy atom. The largest absolute Gasteiger partial charge is 0.398 e. The Hall–Kier alpha value is -2.34. The van der Waals surface area contributed by atoms with Gasteiger partial charge >= 0.3 is 0 Å². The molecule has 2 aromatic carbocycles. The van der Waals surface area contributed by atoms with Crippen molar-refractivity contribution in [2.24, 2.45) is 0 Å². The van der Waals surface area contributed by atoms with Crippen molar-refractivity contribution >= 4 is 39.1 Å². The van der Waals surface area contributed by atoms with Gasteiger partial charge in [-0.2, -0.15) is 0 Å². The van der Waals surface area contributed by atoms with E-state index in [4.69, 9.17) is 5.73 Å². The minimum atomic E-state index is -0.364. The second-order valence-corrected chi connectivity index (χ2v) is 5.23. The summed E-state index contributed by atoms with van der Waals surface area (Å²) in [6.07, 6.45) is 0. The lowest BCUT2D eigenvalue weighted by atomic mass is 10.1. The summed E-state index contributed by atoms with van der Waals surface area (Å²) in [4.78, 5) is 24.0. The van der Waals surface area contributed by atoms with Crippen molar-refractivity contribution in [2.75, 3.05) is 18.1 Å². The maximum Gasteiger partial charge on any atom is 0.257 e. The van der Waals surface area contributed by atoms with Crippen LogP contribution in [0.25, 0.3) is 0 Å². The highest BCUT2D eigenvalue weighted by Crippen LogP contribution is 2.21. The lowest BCUT2D eigenvalue weighted by Crippen LogP contribution is -2.21. The molecule has 2 aromatic rings. The summed E-state index contributed by atoms with van der Waals surface area (Å²) >= 11 is 3.29. The molecule has 21 heavy (non-hydrogen) atoms. The number of amides is 2. The molecule has 0 spiro atoms. The van der Waals surface area contributed by atoms with Crippen molar-refractivity contribution in [3.05, 3.63) is 58.1 Å². The Kier molecular flexibility index (Phi) is 4.59. The first-order chi connectivity index (χ1) is 10.0. The van der Waals surface area contributed by atoms with Gasteiger partial charge in [-0.15, -0.1) is 0 Å². The van der Waals surface area contributed by atoms with E-state index in [2.05, 4.69) is 26.6 Å². The van der Waals surface area contributed by atoms with Crippen LogP contribution in [0, 0.1) is 0 Å². The maximum atomic E-state index is 12.3. The highest BCUT2D eigenvalue weighted by Gasteiger charge is 2.14. The number of benzene rings is 2. The molecular weight excluding hydrogens is 334 g/mol. The Balaban J connectivity index is 2.30. The molecule has 0 aromatic heterocycles. The normalized spacial score (nSPS) is 10.0. The molecule has 5 nitrogen and oxygen atoms in total. The van der Waals surface area contributed by atoms with Crippen molar-refractivity contribution in [3.8, 4) is 0 Å². The van der Waals surface area contributed by atoms with Crippen LogP contribution in [0.4, 0.5) is 11.4 Å². The maximum absolute atomic E-state index is 12.3. The number of hydrogen-bond acceptors (Lipinski definition) is 3. The zero-order valence-electron chi connectivity index (χ0n) is 11.3. The molecule has 2 amide bonds. The van der Waals surface area contributed by atoms with Gasteiger partial charge in [0.1, 0.15) is 0 Å². The van der Waals surface area contributed by atoms with Crippen LogP contribution >= 0.6 is 15.9 Å². The van der Waals surface area contributed by atoms with Crippen molar-refractivity contribution in [1.29, 1.82) is 0 Å². The molecule has 0 atom stereocenters. The fourth-order valence-electron chi connectivity index (χ4n) is 1.85. The van der Waals surface area contributed by atoms with E-state index in [1.807, 2.05) is 0 Å². The van der Waals surface area contributed by atoms with E-state index in [9.17, 15) is 9.59 Å². The molecule has 4 N–H and O–H groups in total. The third kappa shape index (κ3) is 3.41. The fourth-order valence-corrected chi connectivity index (χ4v) is 2.23. The van der Waals surface area contributed by atoms with Crippen molar-refractivity contribution in [2.45, 2.75) is 0 Å². The van der Waals surface area contributed by atoms with Crippen LogP contribution in [0.5, 0.6) is 0 Å². The predicted octanol–water partition coefficient (Wildman–Crippen LogP) is 2.64. The predicted molar refractivity (Wildman–Crippen MR) is 86.3 cm³/mol. The van der Waals surface area contributed by atoms with Gasteiger partial charge in [0.25, 0.3) is 11.8 Å². The summed E-state index contributed by atoms with van der Waals surface area (Å²) in [6, 6.07) is 11.8. The first kappa shape index (κ1) is 15.1. The van der Waals surface area contributed by atoms with E-state index in [1.54, 1.807) is 42.5 Å². The summed E-state index contributed by atoms with van der Waals surface area (Å²) in [6.45, 7) is 0. The average molecular weight is 348 g/mol. The second kappa shape index (κ2) is 6.41. The van der Waals surface area contributed by atoms with E-state index < -0.39 is 0 Å². The minimum absolute atomic E-state index is 0.269. The van der Waals surface area contributed by atoms with Crippen LogP contribution in [0.15, 0.2) is 46.9 Å². The van der Waals surface area contributed by atoms with Crippen molar-refractivity contribution in [3.63, 3.8) is 0 Å². The molecular formula is C15H14BrN3O2. The van der Waals surface area contributed by atoms with Crippen LogP contribution in [-0.4, -0.2) is 18.9 Å². The van der Waals surface area contributed by atoms with Crippen LogP contribution in [-0.2, 0) is 0 Å². The number of nitrogens with two attached hydrogens (primary N) is 1. The van der Waals surface area contributed by atoms with Crippen LogP contribution < -0.4 is 16.4 Å². The first-order valence-electron chi connectivity index (χ1n) is 6.20. The average Bonchev–Trinajstić information content (AvgIpc) is 2.46. The summed E-state index contributed by atoms with van der Waals surface area (Å²) in [7, 11) is 1.54. The van der Waals surface area contributed by atoms with Gasteiger partial charge in [0, 0.05) is 17.2 Å². The van der Waals surface area contributed by atoms with Gasteiger partial charge in [0.05, 0.1) is 16.8 Å². The fraction of sp³-hybridized carbons (Fsp3) is 0.0667. The summed E-state index contributed by atoms with van der Waals surface area (Å²) in [5.74, 6) is -0.633. The van der Waals surface area contributed by atoms with Gasteiger partial charge in [-0.3, -0.25) is 9.59 Å². The van der Waals surface area contributed by atoms with Gasteiger partial charge < -0.3 is 16.4 Å². The number of carbonyl (C=O) groups excluding carboxylic acids is 2. The summed E-state index contributed by atoms with van der Waals surface area (Å²) < 4.78 is 0.794. The van der Waals surface area contributed by atoms with Gasteiger partial charge in [-0.25, -0.2) is 0 Å². The van der Waals surface area contributed by atoms with Crippen LogP contribution in [0.2, 0.25) is 0 Å². The molecule has 0 unspecified atom stereocenters. The quantitative estimate of drug-likeness (QED) is 0.746. The van der Waals surface area contributed by atoms with E-state index in [0.29, 0.717) is 22.5 Å². The molecule has 0 radical (unpaired) electrons. The number of nitrogen functional groups attached to an aromatic ring is 1. The number of nitrogens with one attached hydrogen (secondary N) is 2. The van der Waals surface area contributed by atoms with Gasteiger partial charge in [0.15, 0.2) is 0 Å². The van der Waals surface area contributed by atoms with Gasteiger partial charge in [0.2, 0.25) is 0 Å². The second-order valence-electron chi connectivity index (χ2n) is 4.31. The van der Waals surface area contributed by atoms with Crippen molar-refractivity contribution < 1.29 is 9.59 Å². The molecule has 0 aliphatic carbocycles. The van der Waals surface area contributed by atoms with Crippen molar-refractivity contribution in [1.82, 2.24) is 5.32 Å². The smallest absolute Gasteiger partial charge is 0.257 e. The van der Waals surface area contributed by atoms with E-state index in [1.165, 1.54) is 7.05 Å². The van der Waals surface area contributed by atoms with Crippen LogP contribution in [0.1, 0.15) is 20.7 Å². The van der Waals surface area contributed by atoms with E-state index in [-0.39, 0.29) is 11.8 Å². The Bertz CT molecular complexity index is 701. The van der Waals surface area contributed by atoms with Crippen LogP contribution in [0.3, 0.4) is 0 Å². The monoisotopic (exact) mass is 347 g/mol. The Labute approximate surface area is 130 Å². The number of anilines is 2. The number of halogens is 1. The lowest BCUT2D eigenvalue weighted by Gasteiger charge is -2.11.